The molecule has 3 nitrogen and oxygen atoms in total. The molecule has 1 amide bonds. The molecule has 0 aromatic rings. The molecule has 0 saturated carbocycles. The zero-order valence-electron chi connectivity index (χ0n) is 10.6. The number of nitrogens with two attached hydrogens (primary N) is 1. The monoisotopic (exact) mass is 248 g/mol. The first-order valence-electron chi connectivity index (χ1n) is 6.10. The Morgan fingerprint density at radius 1 is 1.44 bits per heavy atom. The maximum atomic E-state index is 11.9. The molecule has 16 heavy (non-hydrogen) atoms. The first-order valence-corrected chi connectivity index (χ1v) is 6.10. The number of hydrogen-bond donors (Lipinski definition) is 1. The molecule has 96 valence electrons. The van der Waals surface area contributed by atoms with Crippen molar-refractivity contribution in [2.45, 2.75) is 46.1 Å². The fourth-order valence-corrected chi connectivity index (χ4v) is 2.13. The molecule has 0 aromatic carbocycles. The Morgan fingerprint density at radius 3 is 2.56 bits per heavy atom. The maximum Gasteiger partial charge on any atom is 0.239 e. The summed E-state index contributed by atoms with van der Waals surface area (Å²) in [6.07, 6.45) is 2.90. The van der Waals surface area contributed by atoms with E-state index in [1.165, 1.54) is 0 Å². The molecule has 0 radical (unpaired) electrons. The van der Waals surface area contributed by atoms with Crippen LogP contribution in [0.2, 0.25) is 0 Å². The van der Waals surface area contributed by atoms with Crippen LogP contribution in [-0.2, 0) is 4.79 Å². The first kappa shape index (κ1) is 15.7. The van der Waals surface area contributed by atoms with Crippen molar-refractivity contribution in [2.24, 2.45) is 17.6 Å². The standard InChI is InChI=1S/C12H24N2O.ClH/c1-4-5-11(13)12(15)14-7-6-9(2)10(3)8-14;/h9-11H,4-8,13H2,1-3H3;1H. The second-order valence-corrected chi connectivity index (χ2v) is 4.92. The predicted octanol–water partition coefficient (Wildman–Crippen LogP) is 2.04. The van der Waals surface area contributed by atoms with E-state index >= 15 is 0 Å². The Kier molecular flexibility index (Phi) is 7.00. The molecule has 1 heterocycles. The van der Waals surface area contributed by atoms with Crippen LogP contribution in [0, 0.1) is 11.8 Å². The normalized spacial score (nSPS) is 27.1. The highest BCUT2D eigenvalue weighted by Gasteiger charge is 2.28. The number of halogens is 1. The summed E-state index contributed by atoms with van der Waals surface area (Å²) in [4.78, 5) is 13.9. The topological polar surface area (TPSA) is 46.3 Å². The highest BCUT2D eigenvalue weighted by Crippen LogP contribution is 2.22. The van der Waals surface area contributed by atoms with Crippen LogP contribution in [-0.4, -0.2) is 29.9 Å². The summed E-state index contributed by atoms with van der Waals surface area (Å²) >= 11 is 0. The smallest absolute Gasteiger partial charge is 0.239 e. The molecule has 1 fully saturated rings. The van der Waals surface area contributed by atoms with Gasteiger partial charge in [-0.05, 0) is 24.7 Å². The summed E-state index contributed by atoms with van der Waals surface area (Å²) in [5.74, 6) is 1.49. The fraction of sp³-hybridized carbons (Fsp3) is 0.917. The van der Waals surface area contributed by atoms with Crippen molar-refractivity contribution < 1.29 is 4.79 Å². The third-order valence-corrected chi connectivity index (χ3v) is 3.56. The molecular formula is C12H25ClN2O. The van der Waals surface area contributed by atoms with Gasteiger partial charge in [-0.2, -0.15) is 0 Å². The van der Waals surface area contributed by atoms with Gasteiger partial charge in [0.25, 0.3) is 0 Å². The lowest BCUT2D eigenvalue weighted by molar-refractivity contribution is -0.135. The zero-order chi connectivity index (χ0) is 11.4. The summed E-state index contributed by atoms with van der Waals surface area (Å²) in [7, 11) is 0. The number of carbonyl (C=O) groups is 1. The van der Waals surface area contributed by atoms with Gasteiger partial charge in [0.15, 0.2) is 0 Å². The minimum atomic E-state index is -0.282. The van der Waals surface area contributed by atoms with Gasteiger partial charge in [-0.25, -0.2) is 0 Å². The zero-order valence-corrected chi connectivity index (χ0v) is 11.4. The summed E-state index contributed by atoms with van der Waals surface area (Å²) in [6, 6.07) is -0.282. The van der Waals surface area contributed by atoms with Crippen molar-refractivity contribution in [1.82, 2.24) is 4.90 Å². The highest BCUT2D eigenvalue weighted by molar-refractivity contribution is 5.85. The number of amides is 1. The van der Waals surface area contributed by atoms with E-state index in [9.17, 15) is 4.79 Å². The summed E-state index contributed by atoms with van der Waals surface area (Å²) < 4.78 is 0. The van der Waals surface area contributed by atoms with E-state index in [4.69, 9.17) is 5.73 Å². The lowest BCUT2D eigenvalue weighted by Gasteiger charge is -2.36. The lowest BCUT2D eigenvalue weighted by Crippen LogP contribution is -2.49. The molecule has 1 aliphatic heterocycles. The minimum absolute atomic E-state index is 0. The minimum Gasteiger partial charge on any atom is -0.341 e. The Labute approximate surface area is 105 Å². The summed E-state index contributed by atoms with van der Waals surface area (Å²) in [5.41, 5.74) is 5.85. The van der Waals surface area contributed by atoms with Gasteiger partial charge in [0.1, 0.15) is 0 Å². The fourth-order valence-electron chi connectivity index (χ4n) is 2.13. The van der Waals surface area contributed by atoms with Crippen LogP contribution >= 0.6 is 12.4 Å². The molecule has 1 rings (SSSR count). The third-order valence-electron chi connectivity index (χ3n) is 3.56. The van der Waals surface area contributed by atoms with Crippen molar-refractivity contribution in [1.29, 1.82) is 0 Å². The van der Waals surface area contributed by atoms with Crippen LogP contribution in [0.1, 0.15) is 40.0 Å². The van der Waals surface area contributed by atoms with E-state index < -0.39 is 0 Å². The number of carbonyl (C=O) groups excluding carboxylic acids is 1. The molecule has 1 aliphatic rings. The second kappa shape index (κ2) is 7.13. The molecule has 3 atom stereocenters. The van der Waals surface area contributed by atoms with Crippen molar-refractivity contribution >= 4 is 18.3 Å². The van der Waals surface area contributed by atoms with Gasteiger partial charge in [0, 0.05) is 13.1 Å². The Morgan fingerprint density at radius 2 is 2.06 bits per heavy atom. The van der Waals surface area contributed by atoms with Crippen molar-refractivity contribution in [3.63, 3.8) is 0 Å². The molecule has 2 N–H and O–H groups in total. The number of hydrogen-bond acceptors (Lipinski definition) is 2. The van der Waals surface area contributed by atoms with Crippen molar-refractivity contribution in [3.05, 3.63) is 0 Å². The van der Waals surface area contributed by atoms with Crippen LogP contribution in [0.5, 0.6) is 0 Å². The van der Waals surface area contributed by atoms with Gasteiger partial charge in [-0.15, -0.1) is 12.4 Å². The Hall–Kier alpha value is -0.280. The maximum absolute atomic E-state index is 11.9. The highest BCUT2D eigenvalue weighted by atomic mass is 35.5. The predicted molar refractivity (Wildman–Crippen MR) is 69.7 cm³/mol. The SMILES string of the molecule is CCCC(N)C(=O)N1CCC(C)C(C)C1.Cl. The van der Waals surface area contributed by atoms with Crippen LogP contribution in [0.4, 0.5) is 0 Å². The molecule has 1 saturated heterocycles. The Bertz CT molecular complexity index is 223. The van der Waals surface area contributed by atoms with E-state index in [0.29, 0.717) is 5.92 Å². The molecular weight excluding hydrogens is 224 g/mol. The van der Waals surface area contributed by atoms with E-state index in [2.05, 4.69) is 20.8 Å². The van der Waals surface area contributed by atoms with E-state index in [1.807, 2.05) is 4.90 Å². The molecule has 3 unspecified atom stereocenters. The van der Waals surface area contributed by atoms with Gasteiger partial charge >= 0.3 is 0 Å². The van der Waals surface area contributed by atoms with E-state index in [1.54, 1.807) is 0 Å². The van der Waals surface area contributed by atoms with E-state index in [-0.39, 0.29) is 24.4 Å². The summed E-state index contributed by atoms with van der Waals surface area (Å²) in [6.45, 7) is 8.32. The molecule has 4 heteroatoms. The molecule has 0 aromatic heterocycles. The molecule has 0 aliphatic carbocycles. The van der Waals surface area contributed by atoms with Gasteiger partial charge in [0.2, 0.25) is 5.91 Å². The quantitative estimate of drug-likeness (QED) is 0.831. The number of piperidine rings is 1. The van der Waals surface area contributed by atoms with Gasteiger partial charge in [-0.1, -0.05) is 27.2 Å². The van der Waals surface area contributed by atoms with Crippen LogP contribution < -0.4 is 5.73 Å². The number of likely N-dealkylation sites (tertiary alicyclic amines) is 1. The van der Waals surface area contributed by atoms with Crippen molar-refractivity contribution in [3.8, 4) is 0 Å². The molecule has 0 bridgehead atoms. The second-order valence-electron chi connectivity index (χ2n) is 4.92. The van der Waals surface area contributed by atoms with Crippen LogP contribution in [0.15, 0.2) is 0 Å². The molecule has 0 spiro atoms. The first-order chi connectivity index (χ1) is 7.06. The van der Waals surface area contributed by atoms with Gasteiger partial charge < -0.3 is 10.6 Å². The lowest BCUT2D eigenvalue weighted by atomic mass is 9.88. The largest absolute Gasteiger partial charge is 0.341 e. The summed E-state index contributed by atoms with van der Waals surface area (Å²) in [5, 5.41) is 0. The average Bonchev–Trinajstić information content (AvgIpc) is 2.21. The number of nitrogens with zero attached hydrogens (tertiary/aromatic N) is 1. The van der Waals surface area contributed by atoms with Crippen LogP contribution in [0.25, 0.3) is 0 Å². The van der Waals surface area contributed by atoms with Gasteiger partial charge in [-0.3, -0.25) is 4.79 Å². The van der Waals surface area contributed by atoms with E-state index in [0.717, 1.165) is 38.3 Å². The van der Waals surface area contributed by atoms with Gasteiger partial charge in [0.05, 0.1) is 6.04 Å². The Balaban J connectivity index is 0.00000225. The third kappa shape index (κ3) is 3.95. The van der Waals surface area contributed by atoms with Crippen LogP contribution in [0.3, 0.4) is 0 Å². The van der Waals surface area contributed by atoms with Crippen molar-refractivity contribution in [2.75, 3.05) is 13.1 Å². The number of rotatable bonds is 3. The average molecular weight is 249 g/mol.